The van der Waals surface area contributed by atoms with Gasteiger partial charge in [-0.25, -0.2) is 0 Å². The van der Waals surface area contributed by atoms with Crippen LogP contribution in [0, 0.1) is 0 Å². The Labute approximate surface area is 154 Å². The minimum Gasteiger partial charge on any atom is -0.497 e. The van der Waals surface area contributed by atoms with E-state index >= 15 is 0 Å². The molecule has 1 N–H and O–H groups in total. The van der Waals surface area contributed by atoms with Crippen LogP contribution in [0.2, 0.25) is 0 Å². The Balaban J connectivity index is 1.87. The summed E-state index contributed by atoms with van der Waals surface area (Å²) in [5.41, 5.74) is 1.31. The van der Waals surface area contributed by atoms with E-state index in [0.29, 0.717) is 28.1 Å². The van der Waals surface area contributed by atoms with Gasteiger partial charge in [0.2, 0.25) is 0 Å². The number of rotatable bonds is 4. The van der Waals surface area contributed by atoms with Crippen LogP contribution in [-0.4, -0.2) is 13.0 Å². The van der Waals surface area contributed by atoms with Gasteiger partial charge in [-0.15, -0.1) is 0 Å². The van der Waals surface area contributed by atoms with Gasteiger partial charge in [0.1, 0.15) is 5.75 Å². The fraction of sp³-hybridized carbons (Fsp3) is 0.0952. The molecule has 27 heavy (non-hydrogen) atoms. The third-order valence-electron chi connectivity index (χ3n) is 4.04. The van der Waals surface area contributed by atoms with Crippen molar-refractivity contribution in [2.45, 2.75) is 6.18 Å². The van der Waals surface area contributed by atoms with E-state index in [1.165, 1.54) is 12.1 Å². The summed E-state index contributed by atoms with van der Waals surface area (Å²) in [4.78, 5) is 12.7. The first-order valence-electron chi connectivity index (χ1n) is 8.10. The van der Waals surface area contributed by atoms with Gasteiger partial charge >= 0.3 is 6.18 Å². The van der Waals surface area contributed by atoms with E-state index in [9.17, 15) is 18.0 Å². The standard InChI is InChI=1S/C21H16F3NO2/c1-27-17-12-10-16(11-13-17)25-20(26)19-5-3-2-4-18(19)14-6-8-15(9-7-14)21(22,23)24/h2-13H,1H3,(H,25,26). The number of hydrogen-bond donors (Lipinski definition) is 1. The normalized spacial score (nSPS) is 11.1. The second kappa shape index (κ2) is 7.53. The molecule has 3 aromatic carbocycles. The number of ether oxygens (including phenoxy) is 1. The molecule has 0 heterocycles. The molecule has 6 heteroatoms. The minimum atomic E-state index is -4.40. The van der Waals surface area contributed by atoms with E-state index in [-0.39, 0.29) is 5.91 Å². The van der Waals surface area contributed by atoms with Crippen molar-refractivity contribution in [2.75, 3.05) is 12.4 Å². The van der Waals surface area contributed by atoms with Crippen molar-refractivity contribution in [1.29, 1.82) is 0 Å². The summed E-state index contributed by atoms with van der Waals surface area (Å²) in [6.07, 6.45) is -4.40. The van der Waals surface area contributed by atoms with Crippen molar-refractivity contribution in [2.24, 2.45) is 0 Å². The summed E-state index contributed by atoms with van der Waals surface area (Å²) in [5.74, 6) is 0.314. The second-order valence-corrected chi connectivity index (χ2v) is 5.80. The zero-order valence-electron chi connectivity index (χ0n) is 14.4. The van der Waals surface area contributed by atoms with Gasteiger partial charge in [-0.3, -0.25) is 4.79 Å². The number of alkyl halides is 3. The number of nitrogens with one attached hydrogen (secondary N) is 1. The topological polar surface area (TPSA) is 38.3 Å². The summed E-state index contributed by atoms with van der Waals surface area (Å²) in [6.45, 7) is 0. The van der Waals surface area contributed by atoms with Gasteiger partial charge in [0.05, 0.1) is 12.7 Å². The maximum Gasteiger partial charge on any atom is 0.416 e. The molecule has 0 atom stereocenters. The van der Waals surface area contributed by atoms with E-state index in [0.717, 1.165) is 12.1 Å². The fourth-order valence-electron chi connectivity index (χ4n) is 2.64. The predicted molar refractivity (Wildman–Crippen MR) is 97.8 cm³/mol. The minimum absolute atomic E-state index is 0.351. The lowest BCUT2D eigenvalue weighted by molar-refractivity contribution is -0.137. The highest BCUT2D eigenvalue weighted by molar-refractivity contribution is 6.08. The highest BCUT2D eigenvalue weighted by Gasteiger charge is 2.30. The second-order valence-electron chi connectivity index (χ2n) is 5.80. The van der Waals surface area contributed by atoms with E-state index in [2.05, 4.69) is 5.32 Å². The average molecular weight is 371 g/mol. The first kappa shape index (κ1) is 18.5. The van der Waals surface area contributed by atoms with Crippen molar-refractivity contribution in [3.05, 3.63) is 83.9 Å². The zero-order chi connectivity index (χ0) is 19.4. The van der Waals surface area contributed by atoms with Gasteiger partial charge in [-0.05, 0) is 53.6 Å². The first-order valence-corrected chi connectivity index (χ1v) is 8.10. The van der Waals surface area contributed by atoms with Gasteiger partial charge in [0.15, 0.2) is 0 Å². The molecule has 1 amide bonds. The Bertz CT molecular complexity index is 933. The third kappa shape index (κ3) is 4.28. The summed E-state index contributed by atoms with van der Waals surface area (Å²) >= 11 is 0. The number of benzene rings is 3. The SMILES string of the molecule is COc1ccc(NC(=O)c2ccccc2-c2ccc(C(F)(F)F)cc2)cc1. The molecule has 0 bridgehead atoms. The molecular weight excluding hydrogens is 355 g/mol. The lowest BCUT2D eigenvalue weighted by Gasteiger charge is -2.12. The van der Waals surface area contributed by atoms with Crippen molar-refractivity contribution < 1.29 is 22.7 Å². The molecule has 0 fully saturated rings. The predicted octanol–water partition coefficient (Wildman–Crippen LogP) is 5.63. The van der Waals surface area contributed by atoms with Gasteiger partial charge < -0.3 is 10.1 Å². The fourth-order valence-corrected chi connectivity index (χ4v) is 2.64. The Kier molecular flexibility index (Phi) is 5.16. The third-order valence-corrected chi connectivity index (χ3v) is 4.04. The molecule has 0 aromatic heterocycles. The van der Waals surface area contributed by atoms with Crippen LogP contribution >= 0.6 is 0 Å². The Hall–Kier alpha value is -3.28. The van der Waals surface area contributed by atoms with Gasteiger partial charge in [0.25, 0.3) is 5.91 Å². The summed E-state index contributed by atoms with van der Waals surface area (Å²) in [5, 5.41) is 2.78. The molecule has 138 valence electrons. The monoisotopic (exact) mass is 371 g/mol. The lowest BCUT2D eigenvalue weighted by Crippen LogP contribution is -2.13. The quantitative estimate of drug-likeness (QED) is 0.645. The van der Waals surface area contributed by atoms with Crippen LogP contribution in [0.4, 0.5) is 18.9 Å². The number of hydrogen-bond acceptors (Lipinski definition) is 2. The number of methoxy groups -OCH3 is 1. The van der Waals surface area contributed by atoms with Gasteiger partial charge in [0, 0.05) is 11.3 Å². The van der Waals surface area contributed by atoms with E-state index in [1.807, 2.05) is 0 Å². The Morgan fingerprint density at radius 1 is 0.889 bits per heavy atom. The molecule has 0 spiro atoms. The van der Waals surface area contributed by atoms with E-state index in [4.69, 9.17) is 4.74 Å². The van der Waals surface area contributed by atoms with Crippen LogP contribution in [0.15, 0.2) is 72.8 Å². The number of amides is 1. The van der Waals surface area contributed by atoms with Crippen LogP contribution in [-0.2, 0) is 6.18 Å². The van der Waals surface area contributed by atoms with Crippen molar-refractivity contribution >= 4 is 11.6 Å². The largest absolute Gasteiger partial charge is 0.497 e. The molecule has 0 aliphatic heterocycles. The van der Waals surface area contributed by atoms with Crippen molar-refractivity contribution in [3.63, 3.8) is 0 Å². The van der Waals surface area contributed by atoms with Gasteiger partial charge in [-0.1, -0.05) is 30.3 Å². The Morgan fingerprint density at radius 2 is 1.52 bits per heavy atom. The Morgan fingerprint density at radius 3 is 2.11 bits per heavy atom. The highest BCUT2D eigenvalue weighted by atomic mass is 19.4. The first-order chi connectivity index (χ1) is 12.9. The summed E-state index contributed by atoms with van der Waals surface area (Å²) in [7, 11) is 1.55. The van der Waals surface area contributed by atoms with Crippen LogP contribution < -0.4 is 10.1 Å². The van der Waals surface area contributed by atoms with Gasteiger partial charge in [-0.2, -0.15) is 13.2 Å². The maximum atomic E-state index is 12.8. The highest BCUT2D eigenvalue weighted by Crippen LogP contribution is 2.32. The number of anilines is 1. The molecule has 0 saturated carbocycles. The van der Waals surface area contributed by atoms with E-state index < -0.39 is 11.7 Å². The summed E-state index contributed by atoms with van der Waals surface area (Å²) in [6, 6.07) is 18.4. The molecule has 3 nitrogen and oxygen atoms in total. The number of carbonyl (C=O) groups excluding carboxylic acids is 1. The molecule has 0 aliphatic rings. The van der Waals surface area contributed by atoms with E-state index in [1.54, 1.807) is 55.6 Å². The zero-order valence-corrected chi connectivity index (χ0v) is 14.4. The number of carbonyl (C=O) groups is 1. The van der Waals surface area contributed by atoms with Crippen LogP contribution in [0.5, 0.6) is 5.75 Å². The molecule has 0 aliphatic carbocycles. The molecule has 3 aromatic rings. The molecule has 0 saturated heterocycles. The maximum absolute atomic E-state index is 12.8. The van der Waals surface area contributed by atoms with Crippen LogP contribution in [0.25, 0.3) is 11.1 Å². The van der Waals surface area contributed by atoms with Crippen molar-refractivity contribution in [3.8, 4) is 16.9 Å². The molecule has 0 unspecified atom stereocenters. The molecule has 3 rings (SSSR count). The van der Waals surface area contributed by atoms with Crippen LogP contribution in [0.1, 0.15) is 15.9 Å². The average Bonchev–Trinajstić information content (AvgIpc) is 2.68. The van der Waals surface area contributed by atoms with Crippen LogP contribution in [0.3, 0.4) is 0 Å². The summed E-state index contributed by atoms with van der Waals surface area (Å²) < 4.78 is 43.3. The lowest BCUT2D eigenvalue weighted by atomic mass is 9.98. The molecular formula is C21H16F3NO2. The number of halogens is 3. The molecule has 0 radical (unpaired) electrons. The van der Waals surface area contributed by atoms with Crippen molar-refractivity contribution in [1.82, 2.24) is 0 Å². The smallest absolute Gasteiger partial charge is 0.416 e.